The van der Waals surface area contributed by atoms with Crippen LogP contribution in [-0.4, -0.2) is 11.6 Å². The summed E-state index contributed by atoms with van der Waals surface area (Å²) in [5.74, 6) is 1.11. The molecule has 3 fully saturated rings. The molecule has 1 aromatic carbocycles. The van der Waals surface area contributed by atoms with Crippen LogP contribution in [0.5, 0.6) is 0 Å². The van der Waals surface area contributed by atoms with Gasteiger partial charge in [0.2, 0.25) is 0 Å². The van der Waals surface area contributed by atoms with Crippen molar-refractivity contribution in [2.75, 3.05) is 0 Å². The molecule has 2 heteroatoms. The van der Waals surface area contributed by atoms with E-state index in [2.05, 4.69) is 32.9 Å². The van der Waals surface area contributed by atoms with E-state index in [4.69, 9.17) is 0 Å². The molecule has 0 amide bonds. The Bertz CT molecular complexity index is 634. The van der Waals surface area contributed by atoms with Gasteiger partial charge in [-0.3, -0.25) is 9.59 Å². The van der Waals surface area contributed by atoms with Gasteiger partial charge in [0.25, 0.3) is 0 Å². The minimum absolute atomic E-state index is 0.0435. The smallest absolute Gasteiger partial charge is 0.151 e. The van der Waals surface area contributed by atoms with E-state index < -0.39 is 5.92 Å². The SMILES string of the molecule is CCc1cc(C)cc(CC)c1C1C(=O)[C@@H]2[C@@H]3CC[C@@H](C3)[C@@H]2C1=O. The molecule has 0 aliphatic heterocycles. The van der Waals surface area contributed by atoms with Crippen molar-refractivity contribution in [3.8, 4) is 0 Å². The average molecular weight is 310 g/mol. The number of hydrogen-bond donors (Lipinski definition) is 0. The van der Waals surface area contributed by atoms with Gasteiger partial charge in [0.15, 0.2) is 11.6 Å². The molecule has 3 aliphatic carbocycles. The summed E-state index contributed by atoms with van der Waals surface area (Å²) >= 11 is 0. The summed E-state index contributed by atoms with van der Waals surface area (Å²) in [4.78, 5) is 26.4. The summed E-state index contributed by atoms with van der Waals surface area (Å²) < 4.78 is 0. The van der Waals surface area contributed by atoms with Gasteiger partial charge in [-0.1, -0.05) is 31.5 Å². The second-order valence-electron chi connectivity index (χ2n) is 7.83. The first-order valence-electron chi connectivity index (χ1n) is 9.26. The molecule has 3 saturated carbocycles. The van der Waals surface area contributed by atoms with Crippen LogP contribution in [0, 0.1) is 30.6 Å². The van der Waals surface area contributed by atoms with E-state index in [0.717, 1.165) is 37.7 Å². The van der Waals surface area contributed by atoms with Gasteiger partial charge in [0.05, 0.1) is 0 Å². The fraction of sp³-hybridized carbons (Fsp3) is 0.619. The maximum absolute atomic E-state index is 13.2. The van der Waals surface area contributed by atoms with E-state index in [1.807, 2.05) is 0 Å². The Morgan fingerprint density at radius 2 is 1.39 bits per heavy atom. The highest BCUT2D eigenvalue weighted by Gasteiger charge is 2.61. The number of ketones is 2. The second-order valence-corrected chi connectivity index (χ2v) is 7.83. The molecular weight excluding hydrogens is 284 g/mol. The summed E-state index contributed by atoms with van der Waals surface area (Å²) in [6.07, 6.45) is 5.22. The highest BCUT2D eigenvalue weighted by Crippen LogP contribution is 2.59. The third-order valence-electron chi connectivity index (χ3n) is 6.69. The Morgan fingerprint density at radius 3 is 1.83 bits per heavy atom. The van der Waals surface area contributed by atoms with E-state index in [1.165, 1.54) is 16.7 Å². The molecule has 0 radical (unpaired) electrons. The van der Waals surface area contributed by atoms with Gasteiger partial charge in [0.1, 0.15) is 5.92 Å². The number of Topliss-reactive ketones (excluding diaryl/α,β-unsaturated/α-hetero) is 2. The van der Waals surface area contributed by atoms with Gasteiger partial charge in [-0.2, -0.15) is 0 Å². The third-order valence-corrected chi connectivity index (χ3v) is 6.69. The lowest BCUT2D eigenvalue weighted by atomic mass is 9.81. The minimum Gasteiger partial charge on any atom is -0.298 e. The van der Waals surface area contributed by atoms with Crippen LogP contribution in [0.25, 0.3) is 0 Å². The topological polar surface area (TPSA) is 34.1 Å². The van der Waals surface area contributed by atoms with Gasteiger partial charge in [-0.25, -0.2) is 0 Å². The van der Waals surface area contributed by atoms with E-state index in [0.29, 0.717) is 11.8 Å². The number of rotatable bonds is 3. The molecule has 0 heterocycles. The standard InChI is InChI=1S/C21H26O2/c1-4-12-8-11(3)9-13(5-2)16(12)19-20(22)17-14-6-7-15(10-14)18(17)21(19)23/h8-9,14-15,17-19H,4-7,10H2,1-3H3/t14-,15+,17-,18+,19?. The molecular formula is C21H26O2. The lowest BCUT2D eigenvalue weighted by Crippen LogP contribution is -2.24. The van der Waals surface area contributed by atoms with Crippen molar-refractivity contribution in [3.63, 3.8) is 0 Å². The zero-order valence-electron chi connectivity index (χ0n) is 14.4. The van der Waals surface area contributed by atoms with E-state index in [-0.39, 0.29) is 23.4 Å². The van der Waals surface area contributed by atoms with E-state index >= 15 is 0 Å². The Labute approximate surface area is 138 Å². The van der Waals surface area contributed by atoms with Crippen molar-refractivity contribution in [3.05, 3.63) is 34.4 Å². The van der Waals surface area contributed by atoms with Gasteiger partial charge < -0.3 is 0 Å². The molecule has 122 valence electrons. The quantitative estimate of drug-likeness (QED) is 0.790. The maximum Gasteiger partial charge on any atom is 0.151 e. The van der Waals surface area contributed by atoms with E-state index in [1.54, 1.807) is 0 Å². The molecule has 23 heavy (non-hydrogen) atoms. The molecule has 1 unspecified atom stereocenters. The van der Waals surface area contributed by atoms with Crippen molar-refractivity contribution < 1.29 is 9.59 Å². The molecule has 1 aromatic rings. The van der Waals surface area contributed by atoms with Crippen LogP contribution in [0.15, 0.2) is 12.1 Å². The summed E-state index contributed by atoms with van der Waals surface area (Å²) in [5, 5.41) is 0. The van der Waals surface area contributed by atoms with Gasteiger partial charge in [0, 0.05) is 11.8 Å². The van der Waals surface area contributed by atoms with Gasteiger partial charge >= 0.3 is 0 Å². The Hall–Kier alpha value is -1.44. The van der Waals surface area contributed by atoms with Crippen LogP contribution in [0.3, 0.4) is 0 Å². The fourth-order valence-corrected chi connectivity index (χ4v) is 5.83. The van der Waals surface area contributed by atoms with E-state index in [9.17, 15) is 9.59 Å². The number of carbonyl (C=O) groups excluding carboxylic acids is 2. The molecule has 0 saturated heterocycles. The van der Waals surface area contributed by atoms with Crippen LogP contribution in [0.2, 0.25) is 0 Å². The molecule has 0 spiro atoms. The maximum atomic E-state index is 13.2. The monoisotopic (exact) mass is 310 g/mol. The predicted octanol–water partition coefficient (Wildman–Crippen LogP) is 4.02. The summed E-state index contributed by atoms with van der Waals surface area (Å²) in [6, 6.07) is 4.36. The van der Waals surface area contributed by atoms with Crippen LogP contribution in [0.1, 0.15) is 61.3 Å². The average Bonchev–Trinajstić information content (AvgIpc) is 3.21. The Kier molecular flexibility index (Phi) is 3.48. The summed E-state index contributed by atoms with van der Waals surface area (Å²) in [5.41, 5.74) is 4.73. The number of carbonyl (C=O) groups is 2. The summed E-state index contributed by atoms with van der Waals surface area (Å²) in [7, 11) is 0. The lowest BCUT2D eigenvalue weighted by molar-refractivity contribution is -0.125. The second kappa shape index (κ2) is 5.29. The number of hydrogen-bond acceptors (Lipinski definition) is 2. The minimum atomic E-state index is -0.459. The van der Waals surface area contributed by atoms with Crippen molar-refractivity contribution in [2.24, 2.45) is 23.7 Å². The van der Waals surface area contributed by atoms with Crippen molar-refractivity contribution in [2.45, 2.75) is 58.8 Å². The normalized spacial score (nSPS) is 35.2. The molecule has 3 aliphatic rings. The molecule has 5 atom stereocenters. The fourth-order valence-electron chi connectivity index (χ4n) is 5.83. The molecule has 0 N–H and O–H groups in total. The highest BCUT2D eigenvalue weighted by molar-refractivity contribution is 6.17. The van der Waals surface area contributed by atoms with Crippen molar-refractivity contribution in [1.29, 1.82) is 0 Å². The van der Waals surface area contributed by atoms with Crippen LogP contribution < -0.4 is 0 Å². The van der Waals surface area contributed by atoms with Gasteiger partial charge in [-0.05, 0) is 67.6 Å². The lowest BCUT2D eigenvalue weighted by Gasteiger charge is -2.21. The first-order chi connectivity index (χ1) is 11.1. The van der Waals surface area contributed by atoms with Crippen LogP contribution in [0.4, 0.5) is 0 Å². The molecule has 2 nitrogen and oxygen atoms in total. The summed E-state index contributed by atoms with van der Waals surface area (Å²) in [6.45, 7) is 6.37. The Balaban J connectivity index is 1.83. The zero-order chi connectivity index (χ0) is 16.3. The van der Waals surface area contributed by atoms with Crippen LogP contribution in [-0.2, 0) is 22.4 Å². The molecule has 0 aromatic heterocycles. The zero-order valence-corrected chi connectivity index (χ0v) is 14.4. The van der Waals surface area contributed by atoms with Crippen molar-refractivity contribution in [1.82, 2.24) is 0 Å². The number of benzene rings is 1. The van der Waals surface area contributed by atoms with Gasteiger partial charge in [-0.15, -0.1) is 0 Å². The Morgan fingerprint density at radius 1 is 0.913 bits per heavy atom. The number of aryl methyl sites for hydroxylation is 3. The number of fused-ring (bicyclic) bond motifs is 5. The molecule has 4 rings (SSSR count). The first-order valence-corrected chi connectivity index (χ1v) is 9.26. The highest BCUT2D eigenvalue weighted by atomic mass is 16.2. The first kappa shape index (κ1) is 15.1. The van der Waals surface area contributed by atoms with Crippen molar-refractivity contribution >= 4 is 11.6 Å². The third kappa shape index (κ3) is 2.00. The molecule has 2 bridgehead atoms. The largest absolute Gasteiger partial charge is 0.298 e. The predicted molar refractivity (Wildman–Crippen MR) is 90.5 cm³/mol. The van der Waals surface area contributed by atoms with Crippen LogP contribution >= 0.6 is 0 Å².